The van der Waals surface area contributed by atoms with Crippen molar-refractivity contribution in [1.82, 2.24) is 14.9 Å². The van der Waals surface area contributed by atoms with Crippen LogP contribution in [0.4, 0.5) is 0 Å². The summed E-state index contributed by atoms with van der Waals surface area (Å²) >= 11 is 3.03. The Hall–Kier alpha value is -1.34. The number of thiophene rings is 1. The maximum Gasteiger partial charge on any atom is 0.263 e. The van der Waals surface area contributed by atoms with Crippen molar-refractivity contribution in [3.05, 3.63) is 20.8 Å². The average molecular weight is 394 g/mol. The second kappa shape index (κ2) is 8.57. The highest BCUT2D eigenvalue weighted by Gasteiger charge is 2.23. The van der Waals surface area contributed by atoms with Gasteiger partial charge in [-0.1, -0.05) is 32.0 Å². The van der Waals surface area contributed by atoms with Crippen LogP contribution in [0.2, 0.25) is 0 Å². The molecule has 0 aromatic carbocycles. The fourth-order valence-electron chi connectivity index (χ4n) is 3.54. The third-order valence-electron chi connectivity index (χ3n) is 4.70. The van der Waals surface area contributed by atoms with E-state index in [9.17, 15) is 9.59 Å². The Kier molecular flexibility index (Phi) is 6.40. The summed E-state index contributed by atoms with van der Waals surface area (Å²) in [5, 5.41) is 4.50. The van der Waals surface area contributed by atoms with E-state index in [-0.39, 0.29) is 17.5 Å². The zero-order valence-electron chi connectivity index (χ0n) is 15.8. The Balaban J connectivity index is 1.84. The van der Waals surface area contributed by atoms with E-state index in [2.05, 4.69) is 19.2 Å². The Morgan fingerprint density at radius 1 is 1.35 bits per heavy atom. The molecule has 2 aromatic rings. The Labute approximate surface area is 162 Å². The minimum atomic E-state index is 0.00187. The third kappa shape index (κ3) is 3.98. The van der Waals surface area contributed by atoms with E-state index in [1.807, 2.05) is 6.92 Å². The molecular formula is C19H27N3O2S2. The maximum atomic E-state index is 13.1. The van der Waals surface area contributed by atoms with Gasteiger partial charge in [-0.05, 0) is 44.6 Å². The molecule has 1 atom stereocenters. The average Bonchev–Trinajstić information content (AvgIpc) is 3.16. The van der Waals surface area contributed by atoms with Crippen molar-refractivity contribution in [1.29, 1.82) is 0 Å². The van der Waals surface area contributed by atoms with E-state index in [0.29, 0.717) is 17.5 Å². The molecule has 0 radical (unpaired) electrons. The van der Waals surface area contributed by atoms with Gasteiger partial charge in [0.2, 0.25) is 5.91 Å². The molecule has 0 aliphatic heterocycles. The minimum Gasteiger partial charge on any atom is -0.353 e. The molecule has 26 heavy (non-hydrogen) atoms. The molecule has 0 spiro atoms. The molecule has 0 saturated carbocycles. The van der Waals surface area contributed by atoms with Crippen LogP contribution in [0.3, 0.4) is 0 Å². The summed E-state index contributed by atoms with van der Waals surface area (Å²) in [6.07, 6.45) is 6.07. The largest absolute Gasteiger partial charge is 0.353 e. The van der Waals surface area contributed by atoms with Crippen LogP contribution in [-0.4, -0.2) is 27.3 Å². The van der Waals surface area contributed by atoms with Crippen molar-refractivity contribution in [2.75, 3.05) is 5.75 Å². The normalized spacial score (nSPS) is 14.6. The lowest BCUT2D eigenvalue weighted by atomic mass is 10.2. The molecule has 142 valence electrons. The van der Waals surface area contributed by atoms with Crippen LogP contribution in [0.5, 0.6) is 0 Å². The number of carbonyl (C=O) groups excluding carboxylic acids is 1. The van der Waals surface area contributed by atoms with Gasteiger partial charge in [0.15, 0.2) is 5.16 Å². The Bertz CT molecular complexity index is 857. The number of nitrogens with zero attached hydrogens (tertiary/aromatic N) is 2. The molecule has 5 nitrogen and oxygen atoms in total. The van der Waals surface area contributed by atoms with Crippen molar-refractivity contribution in [2.45, 2.75) is 77.0 Å². The summed E-state index contributed by atoms with van der Waals surface area (Å²) in [6.45, 7) is 6.83. The number of aromatic nitrogens is 2. The van der Waals surface area contributed by atoms with E-state index in [1.165, 1.54) is 22.2 Å². The summed E-state index contributed by atoms with van der Waals surface area (Å²) in [4.78, 5) is 32.2. The number of nitrogens with one attached hydrogen (secondary N) is 1. The number of amides is 1. The second-order valence-corrected chi connectivity index (χ2v) is 8.96. The van der Waals surface area contributed by atoms with E-state index in [0.717, 1.165) is 48.7 Å². The van der Waals surface area contributed by atoms with E-state index < -0.39 is 0 Å². The monoisotopic (exact) mass is 393 g/mol. The van der Waals surface area contributed by atoms with E-state index >= 15 is 0 Å². The first-order valence-electron chi connectivity index (χ1n) is 9.52. The smallest absolute Gasteiger partial charge is 0.263 e. The molecule has 7 heteroatoms. The summed E-state index contributed by atoms with van der Waals surface area (Å²) in [5.74, 6) is 0.294. The van der Waals surface area contributed by atoms with Crippen LogP contribution >= 0.6 is 23.1 Å². The molecule has 3 rings (SSSR count). The van der Waals surface area contributed by atoms with Gasteiger partial charge in [-0.25, -0.2) is 4.98 Å². The molecule has 2 heterocycles. The van der Waals surface area contributed by atoms with Gasteiger partial charge in [0.1, 0.15) is 4.83 Å². The minimum absolute atomic E-state index is 0.00187. The van der Waals surface area contributed by atoms with Crippen molar-refractivity contribution in [3.63, 3.8) is 0 Å². The first-order valence-corrected chi connectivity index (χ1v) is 11.3. The fourth-order valence-corrected chi connectivity index (χ4v) is 5.68. The lowest BCUT2D eigenvalue weighted by Gasteiger charge is -2.14. The number of thioether (sulfide) groups is 1. The molecule has 2 aromatic heterocycles. The lowest BCUT2D eigenvalue weighted by molar-refractivity contribution is -0.119. The number of aryl methyl sites for hydroxylation is 2. The zero-order chi connectivity index (χ0) is 18.7. The van der Waals surface area contributed by atoms with Gasteiger partial charge in [-0.15, -0.1) is 11.3 Å². The van der Waals surface area contributed by atoms with Crippen LogP contribution in [-0.2, 0) is 24.2 Å². The molecular weight excluding hydrogens is 366 g/mol. The molecule has 0 saturated heterocycles. The van der Waals surface area contributed by atoms with Crippen LogP contribution in [0.25, 0.3) is 10.2 Å². The molecule has 1 aliphatic carbocycles. The summed E-state index contributed by atoms with van der Waals surface area (Å²) in [5.41, 5.74) is 1.29. The van der Waals surface area contributed by atoms with Gasteiger partial charge in [0, 0.05) is 17.5 Å². The molecule has 1 N–H and O–H groups in total. The molecule has 0 unspecified atom stereocenters. The van der Waals surface area contributed by atoms with Crippen molar-refractivity contribution in [3.8, 4) is 0 Å². The summed E-state index contributed by atoms with van der Waals surface area (Å²) < 4.78 is 1.76. The quantitative estimate of drug-likeness (QED) is 0.548. The molecule has 1 amide bonds. The molecule has 0 fully saturated rings. The first-order chi connectivity index (χ1) is 12.5. The van der Waals surface area contributed by atoms with Gasteiger partial charge in [0.25, 0.3) is 5.56 Å². The van der Waals surface area contributed by atoms with Crippen molar-refractivity contribution >= 4 is 39.2 Å². The van der Waals surface area contributed by atoms with Gasteiger partial charge >= 0.3 is 0 Å². The SMILES string of the molecule is CCC[C@@H](C)NC(=O)CSc1nc2sc3c(c2c(=O)n1CCC)CCC3. The van der Waals surface area contributed by atoms with Crippen molar-refractivity contribution in [2.24, 2.45) is 0 Å². The van der Waals surface area contributed by atoms with Crippen LogP contribution in [0.15, 0.2) is 9.95 Å². The number of hydrogen-bond acceptors (Lipinski definition) is 5. The predicted molar refractivity (Wildman–Crippen MR) is 109 cm³/mol. The Morgan fingerprint density at radius 3 is 2.88 bits per heavy atom. The van der Waals surface area contributed by atoms with Gasteiger partial charge in [-0.3, -0.25) is 14.2 Å². The first kappa shape index (κ1) is 19.4. The van der Waals surface area contributed by atoms with Crippen LogP contribution in [0, 0.1) is 0 Å². The summed E-state index contributed by atoms with van der Waals surface area (Å²) in [6, 6.07) is 0.182. The highest BCUT2D eigenvalue weighted by atomic mass is 32.2. The highest BCUT2D eigenvalue weighted by molar-refractivity contribution is 7.99. The van der Waals surface area contributed by atoms with Gasteiger partial charge < -0.3 is 5.32 Å². The number of fused-ring (bicyclic) bond motifs is 3. The molecule has 0 bridgehead atoms. The number of hydrogen-bond donors (Lipinski definition) is 1. The Morgan fingerprint density at radius 2 is 2.15 bits per heavy atom. The second-order valence-electron chi connectivity index (χ2n) is 6.93. The van der Waals surface area contributed by atoms with Gasteiger partial charge in [0.05, 0.1) is 11.1 Å². The molecule has 1 aliphatic rings. The predicted octanol–water partition coefficient (Wildman–Crippen LogP) is 3.75. The zero-order valence-corrected chi connectivity index (χ0v) is 17.4. The third-order valence-corrected chi connectivity index (χ3v) is 6.86. The maximum absolute atomic E-state index is 13.1. The van der Waals surface area contributed by atoms with Crippen molar-refractivity contribution < 1.29 is 4.79 Å². The van der Waals surface area contributed by atoms with E-state index in [4.69, 9.17) is 4.98 Å². The van der Waals surface area contributed by atoms with Crippen LogP contribution in [0.1, 0.15) is 56.9 Å². The van der Waals surface area contributed by atoms with E-state index in [1.54, 1.807) is 15.9 Å². The lowest BCUT2D eigenvalue weighted by Crippen LogP contribution is -2.34. The standard InChI is InChI=1S/C19H27N3O2S2/c1-4-7-12(3)20-15(23)11-25-19-21-17-16(18(24)22(19)10-5-2)13-8-6-9-14(13)26-17/h12H,4-11H2,1-3H3,(H,20,23)/t12-/m1/s1. The summed E-state index contributed by atoms with van der Waals surface area (Å²) in [7, 11) is 0. The topological polar surface area (TPSA) is 64.0 Å². The fraction of sp³-hybridized carbons (Fsp3) is 0.632. The van der Waals surface area contributed by atoms with Crippen LogP contribution < -0.4 is 10.9 Å². The number of rotatable bonds is 8. The number of carbonyl (C=O) groups is 1. The van der Waals surface area contributed by atoms with Gasteiger partial charge in [-0.2, -0.15) is 0 Å². The highest BCUT2D eigenvalue weighted by Crippen LogP contribution is 2.35.